The first-order valence-electron chi connectivity index (χ1n) is 8.42. The molecule has 2 nitrogen and oxygen atoms in total. The molecule has 20 heavy (non-hydrogen) atoms. The van der Waals surface area contributed by atoms with Gasteiger partial charge in [-0.1, -0.05) is 67.7 Å². The molecule has 1 saturated carbocycles. The van der Waals surface area contributed by atoms with Crippen LogP contribution in [-0.4, -0.2) is 12.5 Å². The molecular formula is C18H37NO. The smallest absolute Gasteiger partial charge is 0.223 e. The standard InChI is InChI=1S/C14H27NO.C4H10/c1-11(14(2,3)4)13(16)15-10-12-8-6-5-7-9-12;1-4(2)3/h11-12H,5-10H2,1-4H3,(H,15,16);4H,1-3H3. The fourth-order valence-electron chi connectivity index (χ4n) is 2.18. The van der Waals surface area contributed by atoms with Crippen LogP contribution in [0.4, 0.5) is 0 Å². The van der Waals surface area contributed by atoms with Gasteiger partial charge in [0.05, 0.1) is 0 Å². The first kappa shape index (κ1) is 19.5. The Morgan fingerprint density at radius 3 is 1.90 bits per heavy atom. The Bertz CT molecular complexity index is 256. The van der Waals surface area contributed by atoms with E-state index in [9.17, 15) is 4.79 Å². The Hall–Kier alpha value is -0.530. The lowest BCUT2D eigenvalue weighted by molar-refractivity contribution is -0.127. The third-order valence-electron chi connectivity index (χ3n) is 3.98. The number of carbonyl (C=O) groups excluding carboxylic acids is 1. The van der Waals surface area contributed by atoms with Crippen LogP contribution >= 0.6 is 0 Å². The van der Waals surface area contributed by atoms with E-state index in [1.54, 1.807) is 0 Å². The molecule has 0 radical (unpaired) electrons. The molecule has 0 aromatic heterocycles. The van der Waals surface area contributed by atoms with Gasteiger partial charge in [-0.25, -0.2) is 0 Å². The van der Waals surface area contributed by atoms with E-state index >= 15 is 0 Å². The zero-order valence-electron chi connectivity index (χ0n) is 14.9. The minimum absolute atomic E-state index is 0.0661. The molecule has 1 aliphatic carbocycles. The van der Waals surface area contributed by atoms with Crippen LogP contribution in [0, 0.1) is 23.2 Å². The molecule has 1 atom stereocenters. The highest BCUT2D eigenvalue weighted by atomic mass is 16.1. The maximum Gasteiger partial charge on any atom is 0.223 e. The summed E-state index contributed by atoms with van der Waals surface area (Å²) < 4.78 is 0. The fourth-order valence-corrected chi connectivity index (χ4v) is 2.18. The molecule has 1 rings (SSSR count). The molecule has 2 heteroatoms. The van der Waals surface area contributed by atoms with E-state index in [4.69, 9.17) is 0 Å². The van der Waals surface area contributed by atoms with Crippen molar-refractivity contribution in [3.63, 3.8) is 0 Å². The van der Waals surface area contributed by atoms with Gasteiger partial charge in [0.15, 0.2) is 0 Å². The van der Waals surface area contributed by atoms with E-state index in [-0.39, 0.29) is 17.2 Å². The SMILES string of the molecule is CC(C(=O)NCC1CCCCC1)C(C)(C)C.CC(C)C. The topological polar surface area (TPSA) is 29.1 Å². The van der Waals surface area contributed by atoms with Crippen molar-refractivity contribution in [2.45, 2.75) is 80.6 Å². The van der Waals surface area contributed by atoms with Crippen molar-refractivity contribution in [3.05, 3.63) is 0 Å². The minimum Gasteiger partial charge on any atom is -0.356 e. The van der Waals surface area contributed by atoms with Gasteiger partial charge in [-0.05, 0) is 30.1 Å². The summed E-state index contributed by atoms with van der Waals surface area (Å²) in [4.78, 5) is 11.9. The van der Waals surface area contributed by atoms with Crippen molar-refractivity contribution < 1.29 is 4.79 Å². The van der Waals surface area contributed by atoms with E-state index in [1.807, 2.05) is 6.92 Å². The highest BCUT2D eigenvalue weighted by Gasteiger charge is 2.27. The normalized spacial score (nSPS) is 18.2. The molecule has 0 aliphatic heterocycles. The van der Waals surface area contributed by atoms with Gasteiger partial charge in [0.1, 0.15) is 0 Å². The van der Waals surface area contributed by atoms with Gasteiger partial charge in [-0.2, -0.15) is 0 Å². The number of rotatable bonds is 3. The lowest BCUT2D eigenvalue weighted by Gasteiger charge is -2.28. The summed E-state index contributed by atoms with van der Waals surface area (Å²) >= 11 is 0. The molecule has 1 aliphatic rings. The van der Waals surface area contributed by atoms with Crippen molar-refractivity contribution in [2.75, 3.05) is 6.54 Å². The average molecular weight is 284 g/mol. The summed E-state index contributed by atoms with van der Waals surface area (Å²) in [7, 11) is 0. The Labute approximate surface area is 127 Å². The van der Waals surface area contributed by atoms with Crippen molar-refractivity contribution in [3.8, 4) is 0 Å². The van der Waals surface area contributed by atoms with E-state index in [0.717, 1.165) is 18.4 Å². The lowest BCUT2D eigenvalue weighted by Crippen LogP contribution is -2.38. The summed E-state index contributed by atoms with van der Waals surface area (Å²) in [6.45, 7) is 15.8. The van der Waals surface area contributed by atoms with E-state index in [0.29, 0.717) is 0 Å². The molecule has 0 bridgehead atoms. The van der Waals surface area contributed by atoms with Crippen molar-refractivity contribution in [2.24, 2.45) is 23.2 Å². The molecule has 0 spiro atoms. The molecule has 0 aromatic carbocycles. The third-order valence-corrected chi connectivity index (χ3v) is 3.98. The Morgan fingerprint density at radius 2 is 1.50 bits per heavy atom. The second-order valence-corrected chi connectivity index (χ2v) is 8.07. The zero-order valence-corrected chi connectivity index (χ0v) is 14.9. The van der Waals surface area contributed by atoms with Gasteiger partial charge in [-0.15, -0.1) is 0 Å². The van der Waals surface area contributed by atoms with Crippen LogP contribution in [0.3, 0.4) is 0 Å². The van der Waals surface area contributed by atoms with Crippen LogP contribution in [0.2, 0.25) is 0 Å². The monoisotopic (exact) mass is 283 g/mol. The number of carbonyl (C=O) groups is 1. The van der Waals surface area contributed by atoms with Gasteiger partial charge in [0.25, 0.3) is 0 Å². The van der Waals surface area contributed by atoms with Crippen LogP contribution in [0.15, 0.2) is 0 Å². The first-order valence-corrected chi connectivity index (χ1v) is 8.42. The Balaban J connectivity index is 0.000000796. The van der Waals surface area contributed by atoms with Crippen LogP contribution in [0.25, 0.3) is 0 Å². The average Bonchev–Trinajstić information content (AvgIpc) is 2.34. The molecule has 0 heterocycles. The molecule has 1 amide bonds. The third kappa shape index (κ3) is 9.39. The molecule has 120 valence electrons. The summed E-state index contributed by atoms with van der Waals surface area (Å²) in [5.74, 6) is 1.87. The highest BCUT2D eigenvalue weighted by Crippen LogP contribution is 2.26. The number of hydrogen-bond donors (Lipinski definition) is 1. The zero-order chi connectivity index (χ0) is 15.8. The van der Waals surface area contributed by atoms with E-state index in [1.165, 1.54) is 32.1 Å². The summed E-state index contributed by atoms with van der Waals surface area (Å²) in [6.07, 6.45) is 6.65. The molecule has 1 unspecified atom stereocenters. The van der Waals surface area contributed by atoms with Gasteiger partial charge < -0.3 is 5.32 Å². The Morgan fingerprint density at radius 1 is 1.05 bits per heavy atom. The van der Waals surface area contributed by atoms with Gasteiger partial charge in [0, 0.05) is 12.5 Å². The quantitative estimate of drug-likeness (QED) is 0.773. The van der Waals surface area contributed by atoms with Gasteiger partial charge in [-0.3, -0.25) is 4.79 Å². The maximum absolute atomic E-state index is 11.9. The predicted octanol–water partition coefficient (Wildman–Crippen LogP) is 5.03. The number of amides is 1. The number of hydrogen-bond acceptors (Lipinski definition) is 1. The van der Waals surface area contributed by atoms with E-state index in [2.05, 4.69) is 46.9 Å². The molecule has 1 N–H and O–H groups in total. The summed E-state index contributed by atoms with van der Waals surface area (Å²) in [5.41, 5.74) is 0.0661. The summed E-state index contributed by atoms with van der Waals surface area (Å²) in [6, 6.07) is 0. The van der Waals surface area contributed by atoms with Crippen LogP contribution in [0.5, 0.6) is 0 Å². The van der Waals surface area contributed by atoms with Crippen LogP contribution in [0.1, 0.15) is 80.6 Å². The second-order valence-electron chi connectivity index (χ2n) is 8.07. The summed E-state index contributed by atoms with van der Waals surface area (Å²) in [5, 5.41) is 3.12. The minimum atomic E-state index is 0.0661. The fraction of sp³-hybridized carbons (Fsp3) is 0.944. The molecule has 1 fully saturated rings. The van der Waals surface area contributed by atoms with Crippen LogP contribution < -0.4 is 5.32 Å². The van der Waals surface area contributed by atoms with Crippen LogP contribution in [-0.2, 0) is 4.79 Å². The largest absolute Gasteiger partial charge is 0.356 e. The Kier molecular flexibility index (Phi) is 9.16. The van der Waals surface area contributed by atoms with Gasteiger partial charge in [0.2, 0.25) is 5.91 Å². The van der Waals surface area contributed by atoms with E-state index < -0.39 is 0 Å². The lowest BCUT2D eigenvalue weighted by atomic mass is 9.81. The predicted molar refractivity (Wildman–Crippen MR) is 88.7 cm³/mol. The van der Waals surface area contributed by atoms with Crippen molar-refractivity contribution in [1.29, 1.82) is 0 Å². The van der Waals surface area contributed by atoms with Gasteiger partial charge >= 0.3 is 0 Å². The first-order chi connectivity index (χ1) is 9.14. The van der Waals surface area contributed by atoms with Crippen molar-refractivity contribution in [1.82, 2.24) is 5.32 Å². The second kappa shape index (κ2) is 9.41. The highest BCUT2D eigenvalue weighted by molar-refractivity contribution is 5.78. The maximum atomic E-state index is 11.9. The van der Waals surface area contributed by atoms with Crippen molar-refractivity contribution >= 4 is 5.91 Å². The molecular weight excluding hydrogens is 246 g/mol. The molecule has 0 aromatic rings. The molecule has 0 saturated heterocycles. The number of nitrogens with one attached hydrogen (secondary N) is 1.